The largest absolute Gasteiger partial charge is 0.339 e. The van der Waals surface area contributed by atoms with Crippen LogP contribution in [-0.2, 0) is 9.59 Å². The molecule has 1 aromatic rings. The van der Waals surface area contributed by atoms with Gasteiger partial charge >= 0.3 is 0 Å². The van der Waals surface area contributed by atoms with Gasteiger partial charge in [0.25, 0.3) is 0 Å². The third-order valence-corrected chi connectivity index (χ3v) is 5.72. The Bertz CT molecular complexity index is 676. The number of hydrogen-bond acceptors (Lipinski definition) is 4. The van der Waals surface area contributed by atoms with E-state index in [1.807, 2.05) is 0 Å². The van der Waals surface area contributed by atoms with Crippen LogP contribution in [-0.4, -0.2) is 78.4 Å². The van der Waals surface area contributed by atoms with Crippen LogP contribution in [0.4, 0.5) is 10.1 Å². The molecular formula is C21H31FN4O2. The van der Waals surface area contributed by atoms with Crippen LogP contribution in [0.25, 0.3) is 0 Å². The molecule has 154 valence electrons. The van der Waals surface area contributed by atoms with Gasteiger partial charge in [0.1, 0.15) is 5.82 Å². The number of likely N-dealkylation sites (tertiary alicyclic amines) is 1. The monoisotopic (exact) mass is 390 g/mol. The maximum atomic E-state index is 13.2. The standard InChI is InChI=1S/C21H31FN4O2/c1-2-19-8-3-4-9-26(19)21(28)16-25-12-10-24(11-13-25)15-20(27)23-18-7-5-6-17(22)14-18/h5-7,14,19H,2-4,8-13,15-16H2,1H3,(H,23,27)/t19-/m0/s1. The number of benzene rings is 1. The Morgan fingerprint density at radius 1 is 1.07 bits per heavy atom. The van der Waals surface area contributed by atoms with Crippen molar-refractivity contribution in [3.8, 4) is 0 Å². The molecule has 0 aromatic heterocycles. The Hall–Kier alpha value is -1.99. The molecule has 2 saturated heterocycles. The van der Waals surface area contributed by atoms with Crippen molar-refractivity contribution in [1.29, 1.82) is 0 Å². The van der Waals surface area contributed by atoms with Crippen molar-refractivity contribution < 1.29 is 14.0 Å². The summed E-state index contributed by atoms with van der Waals surface area (Å²) < 4.78 is 13.2. The first kappa shape index (κ1) is 20.7. The Morgan fingerprint density at radius 3 is 2.46 bits per heavy atom. The van der Waals surface area contributed by atoms with Gasteiger partial charge in [-0.25, -0.2) is 4.39 Å². The minimum atomic E-state index is -0.366. The molecule has 2 amide bonds. The maximum Gasteiger partial charge on any atom is 0.238 e. The van der Waals surface area contributed by atoms with E-state index in [1.165, 1.54) is 18.6 Å². The molecule has 0 aliphatic carbocycles. The predicted octanol–water partition coefficient (Wildman–Crippen LogP) is 2.17. The van der Waals surface area contributed by atoms with E-state index in [0.29, 0.717) is 18.3 Å². The number of halogens is 1. The molecule has 2 heterocycles. The van der Waals surface area contributed by atoms with Gasteiger partial charge in [0.2, 0.25) is 11.8 Å². The highest BCUT2D eigenvalue weighted by molar-refractivity contribution is 5.92. The Kier molecular flexibility index (Phi) is 7.39. The lowest BCUT2D eigenvalue weighted by atomic mass is 10.00. The number of carbonyl (C=O) groups is 2. The lowest BCUT2D eigenvalue weighted by molar-refractivity contribution is -0.136. The number of nitrogens with zero attached hydrogens (tertiary/aromatic N) is 3. The van der Waals surface area contributed by atoms with E-state index in [9.17, 15) is 14.0 Å². The number of nitrogens with one attached hydrogen (secondary N) is 1. The van der Waals surface area contributed by atoms with E-state index in [0.717, 1.165) is 52.0 Å². The van der Waals surface area contributed by atoms with Crippen molar-refractivity contribution in [2.24, 2.45) is 0 Å². The molecule has 7 heteroatoms. The highest BCUT2D eigenvalue weighted by Gasteiger charge is 2.27. The second-order valence-electron chi connectivity index (χ2n) is 7.76. The fourth-order valence-corrected chi connectivity index (χ4v) is 4.11. The number of carbonyl (C=O) groups excluding carboxylic acids is 2. The summed E-state index contributed by atoms with van der Waals surface area (Å²) in [5.74, 6) is -0.270. The van der Waals surface area contributed by atoms with Crippen LogP contribution in [0.15, 0.2) is 24.3 Å². The average Bonchev–Trinajstić information content (AvgIpc) is 2.69. The van der Waals surface area contributed by atoms with Crippen molar-refractivity contribution >= 4 is 17.5 Å². The van der Waals surface area contributed by atoms with E-state index in [2.05, 4.69) is 26.9 Å². The fraction of sp³-hybridized carbons (Fsp3) is 0.619. The zero-order valence-corrected chi connectivity index (χ0v) is 16.7. The number of anilines is 1. The lowest BCUT2D eigenvalue weighted by Gasteiger charge is -2.38. The third kappa shape index (κ3) is 5.75. The summed E-state index contributed by atoms with van der Waals surface area (Å²) >= 11 is 0. The number of amides is 2. The molecular weight excluding hydrogens is 359 g/mol. The van der Waals surface area contributed by atoms with Crippen LogP contribution in [0.1, 0.15) is 32.6 Å². The van der Waals surface area contributed by atoms with Gasteiger partial charge in [-0.1, -0.05) is 13.0 Å². The van der Waals surface area contributed by atoms with Gasteiger partial charge in [0.05, 0.1) is 13.1 Å². The molecule has 3 rings (SSSR count). The van der Waals surface area contributed by atoms with Crippen LogP contribution in [0.2, 0.25) is 0 Å². The normalized spacial score (nSPS) is 21.5. The van der Waals surface area contributed by atoms with Crippen LogP contribution >= 0.6 is 0 Å². The van der Waals surface area contributed by atoms with Gasteiger partial charge in [0, 0.05) is 44.5 Å². The summed E-state index contributed by atoms with van der Waals surface area (Å²) in [5, 5.41) is 2.73. The molecule has 0 radical (unpaired) electrons. The fourth-order valence-electron chi connectivity index (χ4n) is 4.11. The second kappa shape index (κ2) is 9.98. The topological polar surface area (TPSA) is 55.9 Å². The summed E-state index contributed by atoms with van der Waals surface area (Å²) in [4.78, 5) is 31.2. The van der Waals surface area contributed by atoms with Gasteiger partial charge in [-0.05, 0) is 43.9 Å². The van der Waals surface area contributed by atoms with Gasteiger partial charge in [-0.3, -0.25) is 19.4 Å². The molecule has 2 aliphatic heterocycles. The van der Waals surface area contributed by atoms with Crippen molar-refractivity contribution in [3.63, 3.8) is 0 Å². The minimum absolute atomic E-state index is 0.144. The zero-order valence-electron chi connectivity index (χ0n) is 16.7. The van der Waals surface area contributed by atoms with Crippen LogP contribution in [0, 0.1) is 5.82 Å². The lowest BCUT2D eigenvalue weighted by Crippen LogP contribution is -2.53. The summed E-state index contributed by atoms with van der Waals surface area (Å²) in [6.45, 7) is 6.86. The Balaban J connectivity index is 1.40. The third-order valence-electron chi connectivity index (χ3n) is 5.72. The molecule has 2 aliphatic rings. The first-order valence-electron chi connectivity index (χ1n) is 10.3. The zero-order chi connectivity index (χ0) is 19.9. The van der Waals surface area contributed by atoms with E-state index in [-0.39, 0.29) is 24.2 Å². The summed E-state index contributed by atoms with van der Waals surface area (Å²) in [6, 6.07) is 6.31. The highest BCUT2D eigenvalue weighted by atomic mass is 19.1. The Labute approximate surface area is 166 Å². The van der Waals surface area contributed by atoms with E-state index in [4.69, 9.17) is 0 Å². The van der Waals surface area contributed by atoms with Crippen LogP contribution in [0.3, 0.4) is 0 Å². The quantitative estimate of drug-likeness (QED) is 0.809. The summed E-state index contributed by atoms with van der Waals surface area (Å²) in [6.07, 6.45) is 4.48. The smallest absolute Gasteiger partial charge is 0.238 e. The molecule has 2 fully saturated rings. The van der Waals surface area contributed by atoms with Gasteiger partial charge in [-0.15, -0.1) is 0 Å². The van der Waals surface area contributed by atoms with E-state index in [1.54, 1.807) is 12.1 Å². The first-order chi connectivity index (χ1) is 13.5. The summed E-state index contributed by atoms with van der Waals surface area (Å²) in [7, 11) is 0. The molecule has 28 heavy (non-hydrogen) atoms. The highest BCUT2D eigenvalue weighted by Crippen LogP contribution is 2.20. The predicted molar refractivity (Wildman–Crippen MR) is 108 cm³/mol. The number of rotatable bonds is 6. The molecule has 0 unspecified atom stereocenters. The number of hydrogen-bond donors (Lipinski definition) is 1. The minimum Gasteiger partial charge on any atom is -0.339 e. The maximum absolute atomic E-state index is 13.2. The number of piperazine rings is 1. The molecule has 1 aromatic carbocycles. The molecule has 1 N–H and O–H groups in total. The molecule has 1 atom stereocenters. The molecule has 6 nitrogen and oxygen atoms in total. The van der Waals surface area contributed by atoms with Crippen LogP contribution in [0.5, 0.6) is 0 Å². The van der Waals surface area contributed by atoms with E-state index < -0.39 is 0 Å². The van der Waals surface area contributed by atoms with Crippen molar-refractivity contribution in [2.75, 3.05) is 51.1 Å². The SMILES string of the molecule is CC[C@H]1CCCCN1C(=O)CN1CCN(CC(=O)Nc2cccc(F)c2)CC1. The van der Waals surface area contributed by atoms with Gasteiger partial charge in [0.15, 0.2) is 0 Å². The van der Waals surface area contributed by atoms with Gasteiger partial charge in [-0.2, -0.15) is 0 Å². The van der Waals surface area contributed by atoms with Crippen molar-refractivity contribution in [2.45, 2.75) is 38.6 Å². The first-order valence-corrected chi connectivity index (χ1v) is 10.3. The second-order valence-corrected chi connectivity index (χ2v) is 7.76. The molecule has 0 saturated carbocycles. The molecule has 0 spiro atoms. The average molecular weight is 391 g/mol. The molecule has 0 bridgehead atoms. The Morgan fingerprint density at radius 2 is 1.79 bits per heavy atom. The summed E-state index contributed by atoms with van der Waals surface area (Å²) in [5.41, 5.74) is 0.473. The van der Waals surface area contributed by atoms with Gasteiger partial charge < -0.3 is 10.2 Å². The van der Waals surface area contributed by atoms with Crippen LogP contribution < -0.4 is 5.32 Å². The van der Waals surface area contributed by atoms with E-state index >= 15 is 0 Å². The number of piperidine rings is 1. The van der Waals surface area contributed by atoms with Crippen molar-refractivity contribution in [1.82, 2.24) is 14.7 Å². The van der Waals surface area contributed by atoms with Crippen molar-refractivity contribution in [3.05, 3.63) is 30.1 Å².